The van der Waals surface area contributed by atoms with Crippen molar-refractivity contribution in [3.63, 3.8) is 0 Å². The van der Waals surface area contributed by atoms with Crippen LogP contribution in [0.4, 0.5) is 0 Å². The lowest BCUT2D eigenvalue weighted by atomic mass is 10.1. The SMILES string of the molecule is Cc1nc(-c2cccs2)sc1CNC(=O)[C@@H]1Oc2ccccc2O[C@H]1C. The molecule has 134 valence electrons. The molecule has 1 aromatic carbocycles. The van der Waals surface area contributed by atoms with Gasteiger partial charge < -0.3 is 14.8 Å². The summed E-state index contributed by atoms with van der Waals surface area (Å²) in [5.74, 6) is 1.08. The number of thiophene rings is 1. The number of carbonyl (C=O) groups excluding carboxylic acids is 1. The smallest absolute Gasteiger partial charge is 0.265 e. The third-order valence-corrected chi connectivity index (χ3v) is 6.35. The number of carbonyl (C=O) groups is 1. The summed E-state index contributed by atoms with van der Waals surface area (Å²) < 4.78 is 11.6. The number of amides is 1. The molecule has 0 bridgehead atoms. The summed E-state index contributed by atoms with van der Waals surface area (Å²) in [6.45, 7) is 4.24. The number of aromatic nitrogens is 1. The van der Waals surface area contributed by atoms with Gasteiger partial charge in [0.05, 0.1) is 17.1 Å². The minimum Gasteiger partial charge on any atom is -0.482 e. The monoisotopic (exact) mass is 386 g/mol. The van der Waals surface area contributed by atoms with Crippen molar-refractivity contribution in [2.75, 3.05) is 0 Å². The van der Waals surface area contributed by atoms with Crippen LogP contribution in [0, 0.1) is 6.92 Å². The van der Waals surface area contributed by atoms with E-state index in [9.17, 15) is 4.79 Å². The first kappa shape index (κ1) is 17.1. The van der Waals surface area contributed by atoms with Crippen molar-refractivity contribution in [2.24, 2.45) is 0 Å². The molecule has 3 aromatic rings. The zero-order valence-corrected chi connectivity index (χ0v) is 16.0. The molecule has 1 amide bonds. The summed E-state index contributed by atoms with van der Waals surface area (Å²) in [6, 6.07) is 11.5. The van der Waals surface area contributed by atoms with Gasteiger partial charge in [-0.15, -0.1) is 22.7 Å². The first-order valence-corrected chi connectivity index (χ1v) is 10.0. The van der Waals surface area contributed by atoms with Crippen molar-refractivity contribution in [3.05, 3.63) is 52.3 Å². The van der Waals surface area contributed by atoms with Crippen LogP contribution >= 0.6 is 22.7 Å². The molecule has 0 fully saturated rings. The summed E-state index contributed by atoms with van der Waals surface area (Å²) in [7, 11) is 0. The molecule has 0 saturated heterocycles. The highest BCUT2D eigenvalue weighted by Crippen LogP contribution is 2.34. The fourth-order valence-corrected chi connectivity index (χ4v) is 4.57. The molecule has 0 radical (unpaired) electrons. The van der Waals surface area contributed by atoms with E-state index < -0.39 is 6.10 Å². The number of hydrogen-bond donors (Lipinski definition) is 1. The van der Waals surface area contributed by atoms with E-state index in [2.05, 4.69) is 16.4 Å². The van der Waals surface area contributed by atoms with Crippen molar-refractivity contribution < 1.29 is 14.3 Å². The summed E-state index contributed by atoms with van der Waals surface area (Å²) in [4.78, 5) is 19.4. The quantitative estimate of drug-likeness (QED) is 0.736. The van der Waals surface area contributed by atoms with Gasteiger partial charge in [-0.3, -0.25) is 4.79 Å². The summed E-state index contributed by atoms with van der Waals surface area (Å²) in [5.41, 5.74) is 0.943. The van der Waals surface area contributed by atoms with Crippen LogP contribution in [-0.4, -0.2) is 23.1 Å². The minimum atomic E-state index is -0.671. The van der Waals surface area contributed by atoms with Crippen molar-refractivity contribution in [1.29, 1.82) is 0 Å². The van der Waals surface area contributed by atoms with Crippen LogP contribution < -0.4 is 14.8 Å². The fraction of sp³-hybridized carbons (Fsp3) is 0.263. The van der Waals surface area contributed by atoms with Gasteiger partial charge in [-0.2, -0.15) is 0 Å². The zero-order chi connectivity index (χ0) is 18.1. The van der Waals surface area contributed by atoms with Gasteiger partial charge in [0.1, 0.15) is 11.1 Å². The van der Waals surface area contributed by atoms with Crippen molar-refractivity contribution in [1.82, 2.24) is 10.3 Å². The van der Waals surface area contributed by atoms with Crippen molar-refractivity contribution in [2.45, 2.75) is 32.6 Å². The van der Waals surface area contributed by atoms with Gasteiger partial charge in [0.25, 0.3) is 5.91 Å². The molecule has 1 aliphatic rings. The lowest BCUT2D eigenvalue weighted by Crippen LogP contribution is -2.48. The Morgan fingerprint density at radius 2 is 1.96 bits per heavy atom. The number of nitrogens with one attached hydrogen (secondary N) is 1. The van der Waals surface area contributed by atoms with Crippen LogP contribution in [0.25, 0.3) is 9.88 Å². The van der Waals surface area contributed by atoms with Crippen LogP contribution in [0.1, 0.15) is 17.5 Å². The van der Waals surface area contributed by atoms with Gasteiger partial charge in [-0.05, 0) is 37.4 Å². The molecule has 1 aliphatic heterocycles. The molecule has 0 aliphatic carbocycles. The number of rotatable bonds is 4. The summed E-state index contributed by atoms with van der Waals surface area (Å²) in [6.07, 6.45) is -1.02. The van der Waals surface area contributed by atoms with Gasteiger partial charge in [0, 0.05) is 4.88 Å². The maximum absolute atomic E-state index is 12.6. The molecular weight excluding hydrogens is 368 g/mol. The second-order valence-electron chi connectivity index (χ2n) is 6.03. The van der Waals surface area contributed by atoms with E-state index in [4.69, 9.17) is 9.47 Å². The standard InChI is InChI=1S/C19H18N2O3S2/c1-11-16(26-19(21-11)15-8-5-9-25-15)10-20-18(22)17-12(2)23-13-6-3-4-7-14(13)24-17/h3-9,12,17H,10H2,1-2H3,(H,20,22)/t12-,17+/m0/s1. The van der Waals surface area contributed by atoms with Gasteiger partial charge in [0.2, 0.25) is 6.10 Å². The molecule has 1 N–H and O–H groups in total. The normalized spacial score (nSPS) is 18.5. The summed E-state index contributed by atoms with van der Waals surface area (Å²) >= 11 is 3.27. The Labute approximate surface area is 159 Å². The Bertz CT molecular complexity index is 921. The maximum Gasteiger partial charge on any atom is 0.265 e. The molecule has 2 atom stereocenters. The second kappa shape index (κ2) is 7.09. The van der Waals surface area contributed by atoms with Gasteiger partial charge in [-0.25, -0.2) is 4.98 Å². The highest BCUT2D eigenvalue weighted by Gasteiger charge is 2.34. The topological polar surface area (TPSA) is 60.5 Å². The highest BCUT2D eigenvalue weighted by molar-refractivity contribution is 7.21. The molecule has 0 spiro atoms. The van der Waals surface area contributed by atoms with E-state index in [0.717, 1.165) is 20.5 Å². The third-order valence-electron chi connectivity index (χ3n) is 4.15. The molecule has 2 aromatic heterocycles. The zero-order valence-electron chi connectivity index (χ0n) is 14.4. The van der Waals surface area contributed by atoms with Gasteiger partial charge in [-0.1, -0.05) is 18.2 Å². The molecule has 26 heavy (non-hydrogen) atoms. The Hall–Kier alpha value is -2.38. The van der Waals surface area contributed by atoms with E-state index in [1.165, 1.54) is 0 Å². The number of fused-ring (bicyclic) bond motifs is 1. The van der Waals surface area contributed by atoms with Gasteiger partial charge in [0.15, 0.2) is 11.5 Å². The van der Waals surface area contributed by atoms with Crippen molar-refractivity contribution in [3.8, 4) is 21.4 Å². The summed E-state index contributed by atoms with van der Waals surface area (Å²) in [5, 5.41) is 5.98. The Morgan fingerprint density at radius 1 is 1.19 bits per heavy atom. The Kier molecular flexibility index (Phi) is 4.65. The lowest BCUT2D eigenvalue weighted by Gasteiger charge is -2.30. The number of hydrogen-bond acceptors (Lipinski definition) is 6. The van der Waals surface area contributed by atoms with Gasteiger partial charge >= 0.3 is 0 Å². The van der Waals surface area contributed by atoms with E-state index in [1.807, 2.05) is 49.6 Å². The highest BCUT2D eigenvalue weighted by atomic mass is 32.1. The number of aryl methyl sites for hydroxylation is 1. The van der Waals surface area contributed by atoms with E-state index >= 15 is 0 Å². The molecule has 0 unspecified atom stereocenters. The fourth-order valence-electron chi connectivity index (χ4n) is 2.77. The number of ether oxygens (including phenoxy) is 2. The number of para-hydroxylation sites is 2. The maximum atomic E-state index is 12.6. The molecular formula is C19H18N2O3S2. The number of nitrogens with zero attached hydrogens (tertiary/aromatic N) is 1. The van der Waals surface area contributed by atoms with E-state index in [-0.39, 0.29) is 12.0 Å². The van der Waals surface area contributed by atoms with E-state index in [1.54, 1.807) is 22.7 Å². The molecule has 0 saturated carbocycles. The average molecular weight is 386 g/mol. The number of thiazole rings is 1. The van der Waals surface area contributed by atoms with Crippen LogP contribution in [0.3, 0.4) is 0 Å². The van der Waals surface area contributed by atoms with Crippen LogP contribution in [0.5, 0.6) is 11.5 Å². The van der Waals surface area contributed by atoms with E-state index in [0.29, 0.717) is 18.0 Å². The largest absolute Gasteiger partial charge is 0.482 e. The second-order valence-corrected chi connectivity index (χ2v) is 8.06. The van der Waals surface area contributed by atoms with Crippen molar-refractivity contribution >= 4 is 28.6 Å². The average Bonchev–Trinajstić information content (AvgIpc) is 3.29. The number of benzene rings is 1. The molecule has 7 heteroatoms. The lowest BCUT2D eigenvalue weighted by molar-refractivity contribution is -0.133. The first-order chi connectivity index (χ1) is 12.6. The molecule has 4 rings (SSSR count). The predicted molar refractivity (Wildman–Crippen MR) is 103 cm³/mol. The first-order valence-electron chi connectivity index (χ1n) is 8.32. The predicted octanol–water partition coefficient (Wildman–Crippen LogP) is 4.02. The Morgan fingerprint density at radius 3 is 2.69 bits per heavy atom. The van der Waals surface area contributed by atoms with Crippen LogP contribution in [0.15, 0.2) is 41.8 Å². The molecule has 3 heterocycles. The van der Waals surface area contributed by atoms with Crippen LogP contribution in [-0.2, 0) is 11.3 Å². The molecule has 5 nitrogen and oxygen atoms in total. The Balaban J connectivity index is 1.43. The van der Waals surface area contributed by atoms with Crippen LogP contribution in [0.2, 0.25) is 0 Å². The minimum absolute atomic E-state index is 0.183. The third kappa shape index (κ3) is 3.32.